The highest BCUT2D eigenvalue weighted by atomic mass is 15.3. The van der Waals surface area contributed by atoms with E-state index >= 15 is 0 Å². The molecule has 0 aromatic heterocycles. The van der Waals surface area contributed by atoms with Crippen molar-refractivity contribution in [2.45, 2.75) is 37.8 Å². The van der Waals surface area contributed by atoms with Crippen LogP contribution < -0.4 is 5.73 Å². The van der Waals surface area contributed by atoms with E-state index in [1.165, 1.54) is 45.3 Å². The second-order valence-electron chi connectivity index (χ2n) is 4.83. The van der Waals surface area contributed by atoms with Gasteiger partial charge in [0.25, 0.3) is 0 Å². The van der Waals surface area contributed by atoms with Crippen molar-refractivity contribution in [2.75, 3.05) is 33.2 Å². The van der Waals surface area contributed by atoms with E-state index in [0.29, 0.717) is 6.04 Å². The second-order valence-corrected chi connectivity index (χ2v) is 4.83. The van der Waals surface area contributed by atoms with E-state index in [2.05, 4.69) is 16.8 Å². The second kappa shape index (κ2) is 4.60. The summed E-state index contributed by atoms with van der Waals surface area (Å²) >= 11 is 0. The first-order chi connectivity index (χ1) is 6.81. The molecule has 0 aliphatic carbocycles. The van der Waals surface area contributed by atoms with Gasteiger partial charge in [0, 0.05) is 25.2 Å². The Hall–Kier alpha value is -0.120. The normalized spacial score (nSPS) is 36.4. The minimum absolute atomic E-state index is 0.673. The quantitative estimate of drug-likeness (QED) is 0.700. The van der Waals surface area contributed by atoms with E-state index in [1.807, 2.05) is 0 Å². The van der Waals surface area contributed by atoms with Gasteiger partial charge in [-0.2, -0.15) is 0 Å². The van der Waals surface area contributed by atoms with Gasteiger partial charge < -0.3 is 10.6 Å². The van der Waals surface area contributed by atoms with Crippen LogP contribution in [0.2, 0.25) is 0 Å². The molecule has 14 heavy (non-hydrogen) atoms. The molecule has 82 valence electrons. The van der Waals surface area contributed by atoms with Crippen molar-refractivity contribution >= 4 is 0 Å². The molecule has 3 nitrogen and oxygen atoms in total. The summed E-state index contributed by atoms with van der Waals surface area (Å²) in [7, 11) is 2.24. The van der Waals surface area contributed by atoms with Gasteiger partial charge in [-0.05, 0) is 45.8 Å². The van der Waals surface area contributed by atoms with E-state index in [-0.39, 0.29) is 0 Å². The maximum atomic E-state index is 5.81. The van der Waals surface area contributed by atoms with Gasteiger partial charge in [0.2, 0.25) is 0 Å². The molecule has 2 heterocycles. The maximum absolute atomic E-state index is 5.81. The lowest BCUT2D eigenvalue weighted by Crippen LogP contribution is -2.50. The Bertz CT molecular complexity index is 183. The predicted molar refractivity (Wildman–Crippen MR) is 59.3 cm³/mol. The minimum atomic E-state index is 0.673. The number of nitrogens with zero attached hydrogens (tertiary/aromatic N) is 2. The van der Waals surface area contributed by atoms with Crippen LogP contribution in [-0.2, 0) is 0 Å². The first-order valence-corrected chi connectivity index (χ1v) is 5.95. The van der Waals surface area contributed by atoms with E-state index in [9.17, 15) is 0 Å². The van der Waals surface area contributed by atoms with E-state index in [0.717, 1.165) is 12.6 Å². The lowest BCUT2D eigenvalue weighted by molar-refractivity contribution is 0.104. The number of likely N-dealkylation sites (tertiary alicyclic amines) is 2. The summed E-state index contributed by atoms with van der Waals surface area (Å²) in [5.41, 5.74) is 5.81. The van der Waals surface area contributed by atoms with Crippen molar-refractivity contribution < 1.29 is 0 Å². The summed E-state index contributed by atoms with van der Waals surface area (Å²) in [4.78, 5) is 5.12. The van der Waals surface area contributed by atoms with Crippen LogP contribution in [0.1, 0.15) is 25.7 Å². The topological polar surface area (TPSA) is 32.5 Å². The van der Waals surface area contributed by atoms with Gasteiger partial charge in [0.05, 0.1) is 0 Å². The van der Waals surface area contributed by atoms with Crippen molar-refractivity contribution in [3.63, 3.8) is 0 Å². The van der Waals surface area contributed by atoms with Crippen LogP contribution >= 0.6 is 0 Å². The molecule has 0 spiro atoms. The van der Waals surface area contributed by atoms with Crippen LogP contribution in [0.25, 0.3) is 0 Å². The molecule has 0 aromatic carbocycles. The standard InChI is InChI=1S/C11H23N3/c1-13-6-2-5-11(9-13)14-7-3-4-10(14)8-12/h10-11H,2-9,12H2,1H3. The van der Waals surface area contributed by atoms with Crippen molar-refractivity contribution in [3.8, 4) is 0 Å². The molecule has 2 unspecified atom stereocenters. The molecule has 0 aromatic rings. The van der Waals surface area contributed by atoms with Crippen LogP contribution in [0.5, 0.6) is 0 Å². The molecule has 2 N–H and O–H groups in total. The van der Waals surface area contributed by atoms with Gasteiger partial charge in [0.1, 0.15) is 0 Å². The van der Waals surface area contributed by atoms with Gasteiger partial charge in [-0.3, -0.25) is 4.90 Å². The van der Waals surface area contributed by atoms with Crippen molar-refractivity contribution in [2.24, 2.45) is 5.73 Å². The fourth-order valence-corrected chi connectivity index (χ4v) is 3.00. The predicted octanol–water partition coefficient (Wildman–Crippen LogP) is 0.504. The zero-order chi connectivity index (χ0) is 9.97. The molecule has 2 aliphatic rings. The fourth-order valence-electron chi connectivity index (χ4n) is 3.00. The third-order valence-corrected chi connectivity index (χ3v) is 3.76. The number of nitrogens with two attached hydrogens (primary N) is 1. The monoisotopic (exact) mass is 197 g/mol. The SMILES string of the molecule is CN1CCCC(N2CCCC2CN)C1. The van der Waals surface area contributed by atoms with Crippen LogP contribution in [0.4, 0.5) is 0 Å². The van der Waals surface area contributed by atoms with Crippen molar-refractivity contribution in [1.82, 2.24) is 9.80 Å². The average Bonchev–Trinajstić information content (AvgIpc) is 2.65. The lowest BCUT2D eigenvalue weighted by Gasteiger charge is -2.38. The first kappa shape index (κ1) is 10.4. The molecule has 0 bridgehead atoms. The molecule has 0 radical (unpaired) electrons. The molecule has 0 saturated carbocycles. The Balaban J connectivity index is 1.92. The molecule has 3 heteroatoms. The number of hydrogen-bond acceptors (Lipinski definition) is 3. The molecule has 0 amide bonds. The van der Waals surface area contributed by atoms with Gasteiger partial charge in [-0.1, -0.05) is 0 Å². The van der Waals surface area contributed by atoms with Crippen LogP contribution in [0.15, 0.2) is 0 Å². The number of piperidine rings is 1. The number of likely N-dealkylation sites (N-methyl/N-ethyl adjacent to an activating group) is 1. The zero-order valence-corrected chi connectivity index (χ0v) is 9.28. The molecule has 2 rings (SSSR count). The zero-order valence-electron chi connectivity index (χ0n) is 9.28. The Labute approximate surface area is 87.2 Å². The van der Waals surface area contributed by atoms with Gasteiger partial charge in [-0.15, -0.1) is 0 Å². The highest BCUT2D eigenvalue weighted by Crippen LogP contribution is 2.24. The summed E-state index contributed by atoms with van der Waals surface area (Å²) in [6.45, 7) is 4.65. The minimum Gasteiger partial charge on any atom is -0.329 e. The first-order valence-electron chi connectivity index (χ1n) is 5.95. The Morgan fingerprint density at radius 2 is 2.00 bits per heavy atom. The van der Waals surface area contributed by atoms with Crippen LogP contribution in [0.3, 0.4) is 0 Å². The molecular formula is C11H23N3. The third-order valence-electron chi connectivity index (χ3n) is 3.76. The Morgan fingerprint density at radius 1 is 1.21 bits per heavy atom. The lowest BCUT2D eigenvalue weighted by atomic mass is 10.0. The molecule has 2 atom stereocenters. The smallest absolute Gasteiger partial charge is 0.0227 e. The van der Waals surface area contributed by atoms with Crippen LogP contribution in [0, 0.1) is 0 Å². The van der Waals surface area contributed by atoms with E-state index in [1.54, 1.807) is 0 Å². The molecule has 2 fully saturated rings. The largest absolute Gasteiger partial charge is 0.329 e. The van der Waals surface area contributed by atoms with Gasteiger partial charge in [0.15, 0.2) is 0 Å². The number of hydrogen-bond donors (Lipinski definition) is 1. The van der Waals surface area contributed by atoms with Crippen LogP contribution in [-0.4, -0.2) is 55.1 Å². The Kier molecular flexibility index (Phi) is 3.42. The van der Waals surface area contributed by atoms with Crippen molar-refractivity contribution in [3.05, 3.63) is 0 Å². The van der Waals surface area contributed by atoms with Gasteiger partial charge >= 0.3 is 0 Å². The number of rotatable bonds is 2. The third kappa shape index (κ3) is 2.10. The summed E-state index contributed by atoms with van der Waals surface area (Å²) < 4.78 is 0. The highest BCUT2D eigenvalue weighted by Gasteiger charge is 2.31. The van der Waals surface area contributed by atoms with Crippen molar-refractivity contribution in [1.29, 1.82) is 0 Å². The summed E-state index contributed by atoms with van der Waals surface area (Å²) in [6.07, 6.45) is 5.40. The average molecular weight is 197 g/mol. The summed E-state index contributed by atoms with van der Waals surface area (Å²) in [5, 5.41) is 0. The van der Waals surface area contributed by atoms with E-state index in [4.69, 9.17) is 5.73 Å². The highest BCUT2D eigenvalue weighted by molar-refractivity contribution is 4.88. The summed E-state index contributed by atoms with van der Waals surface area (Å²) in [5.74, 6) is 0. The molecule has 2 saturated heterocycles. The Morgan fingerprint density at radius 3 is 2.71 bits per heavy atom. The summed E-state index contributed by atoms with van der Waals surface area (Å²) in [6, 6.07) is 1.45. The fraction of sp³-hybridized carbons (Fsp3) is 1.00. The molecule has 2 aliphatic heterocycles. The van der Waals surface area contributed by atoms with Gasteiger partial charge in [-0.25, -0.2) is 0 Å². The van der Waals surface area contributed by atoms with E-state index < -0.39 is 0 Å². The molecular weight excluding hydrogens is 174 g/mol. The maximum Gasteiger partial charge on any atom is 0.0227 e.